The Kier molecular flexibility index (Phi) is 7.51. The molecule has 0 saturated carbocycles. The van der Waals surface area contributed by atoms with Crippen molar-refractivity contribution >= 4 is 40.0 Å². The van der Waals surface area contributed by atoms with Crippen LogP contribution in [0.2, 0.25) is 0 Å². The molecule has 182 valence electrons. The number of Topliss-reactive ketones (excluding diaryl/α,β-unsaturated/α-hetero) is 1. The van der Waals surface area contributed by atoms with Gasteiger partial charge in [0.25, 0.3) is 5.91 Å². The van der Waals surface area contributed by atoms with Crippen LogP contribution in [-0.2, 0) is 20.9 Å². The fourth-order valence-electron chi connectivity index (χ4n) is 3.72. The largest absolute Gasteiger partial charge is 0.463 e. The van der Waals surface area contributed by atoms with Gasteiger partial charge in [-0.05, 0) is 48.4 Å². The Morgan fingerprint density at radius 1 is 1.09 bits per heavy atom. The number of nitrogen functional groups attached to an aromatic ring is 1. The smallest absolute Gasteiger partial charge is 0.355 e. The van der Waals surface area contributed by atoms with E-state index in [-0.39, 0.29) is 18.3 Å². The minimum Gasteiger partial charge on any atom is -0.463 e. The molecule has 0 fully saturated rings. The van der Waals surface area contributed by atoms with Gasteiger partial charge in [0.2, 0.25) is 5.66 Å². The maximum Gasteiger partial charge on any atom is 0.355 e. The summed E-state index contributed by atoms with van der Waals surface area (Å²) in [6.45, 7) is 3.28. The summed E-state index contributed by atoms with van der Waals surface area (Å²) in [6.07, 6.45) is 0. The van der Waals surface area contributed by atoms with Gasteiger partial charge >= 0.3 is 5.97 Å². The summed E-state index contributed by atoms with van der Waals surface area (Å²) in [5.41, 5.74) is 12.2. The summed E-state index contributed by atoms with van der Waals surface area (Å²) in [6, 6.07) is 17.6. The first-order valence-corrected chi connectivity index (χ1v) is 11.0. The molecular weight excluding hydrogens is 446 g/mol. The number of ether oxygens (including phenoxy) is 1. The van der Waals surface area contributed by atoms with Gasteiger partial charge in [-0.1, -0.05) is 42.5 Å². The molecule has 0 spiro atoms. The van der Waals surface area contributed by atoms with Crippen molar-refractivity contribution in [2.45, 2.75) is 26.1 Å². The number of likely N-dealkylation sites (N-methyl/N-ethyl adjacent to an activating group) is 1. The third-order valence-corrected chi connectivity index (χ3v) is 5.87. The fourth-order valence-corrected chi connectivity index (χ4v) is 3.72. The Hall–Kier alpha value is -4.24. The van der Waals surface area contributed by atoms with E-state index in [1.54, 1.807) is 68.6 Å². The predicted octanol–water partition coefficient (Wildman–Crippen LogP) is 2.30. The Balaban J connectivity index is 1.85. The van der Waals surface area contributed by atoms with Gasteiger partial charge in [0.05, 0.1) is 6.61 Å². The molecule has 0 heterocycles. The highest BCUT2D eigenvalue weighted by Gasteiger charge is 2.45. The molecule has 0 aliphatic heterocycles. The van der Waals surface area contributed by atoms with Crippen molar-refractivity contribution in [2.24, 2.45) is 11.5 Å². The molecule has 0 saturated heterocycles. The lowest BCUT2D eigenvalue weighted by Crippen LogP contribution is -2.66. The van der Waals surface area contributed by atoms with Gasteiger partial charge in [-0.3, -0.25) is 20.7 Å². The fraction of sp³-hybridized carbons (Fsp3) is 0.231. The van der Waals surface area contributed by atoms with Crippen LogP contribution in [0.5, 0.6) is 0 Å². The lowest BCUT2D eigenvalue weighted by atomic mass is 10.0. The van der Waals surface area contributed by atoms with Crippen molar-refractivity contribution in [2.75, 3.05) is 18.6 Å². The number of hydrogen-bond donors (Lipinski definition) is 4. The maximum absolute atomic E-state index is 12.9. The molecule has 1 atom stereocenters. The minimum absolute atomic E-state index is 0.0150. The maximum atomic E-state index is 12.9. The zero-order valence-electron chi connectivity index (χ0n) is 19.9. The third kappa shape index (κ3) is 5.15. The van der Waals surface area contributed by atoms with Crippen LogP contribution in [0.4, 0.5) is 5.69 Å². The summed E-state index contributed by atoms with van der Waals surface area (Å²) in [5, 5.41) is 11.8. The SMILES string of the molecule is CCOC(=O)C(N)(C(C)=O)N(C)c1ccc2c(C(=O)NCc3ccc(C(=N)N)cc3)cccc2c1. The van der Waals surface area contributed by atoms with E-state index in [2.05, 4.69) is 5.32 Å². The standard InChI is InChI=1S/C26H29N5O4/c1-4-35-25(34)26(29,16(2)32)31(3)20-12-13-21-19(14-20)6-5-7-22(21)24(33)30-15-17-8-10-18(11-9-17)23(27)28/h5-14H,4,15,29H2,1-3H3,(H3,27,28)(H,30,33). The van der Waals surface area contributed by atoms with E-state index in [0.29, 0.717) is 28.7 Å². The average Bonchev–Trinajstić information content (AvgIpc) is 2.85. The zero-order chi connectivity index (χ0) is 25.8. The van der Waals surface area contributed by atoms with Crippen molar-refractivity contribution in [3.05, 3.63) is 77.4 Å². The summed E-state index contributed by atoms with van der Waals surface area (Å²) < 4.78 is 5.03. The molecule has 9 heteroatoms. The highest BCUT2D eigenvalue weighted by Crippen LogP contribution is 2.28. The van der Waals surface area contributed by atoms with E-state index >= 15 is 0 Å². The number of nitrogens with one attached hydrogen (secondary N) is 2. The molecule has 35 heavy (non-hydrogen) atoms. The van der Waals surface area contributed by atoms with Crippen LogP contribution in [0.1, 0.15) is 35.3 Å². The molecule has 0 aliphatic rings. The number of anilines is 1. The van der Waals surface area contributed by atoms with Gasteiger partial charge < -0.3 is 20.7 Å². The highest BCUT2D eigenvalue weighted by atomic mass is 16.5. The monoisotopic (exact) mass is 475 g/mol. The summed E-state index contributed by atoms with van der Waals surface area (Å²) in [5.74, 6) is -1.66. The van der Waals surface area contributed by atoms with Crippen molar-refractivity contribution in [1.29, 1.82) is 5.41 Å². The summed E-state index contributed by atoms with van der Waals surface area (Å²) >= 11 is 0. The van der Waals surface area contributed by atoms with Crippen LogP contribution < -0.4 is 21.7 Å². The van der Waals surface area contributed by atoms with Crippen LogP contribution >= 0.6 is 0 Å². The molecule has 9 nitrogen and oxygen atoms in total. The Bertz CT molecular complexity index is 1290. The third-order valence-electron chi connectivity index (χ3n) is 5.87. The lowest BCUT2D eigenvalue weighted by Gasteiger charge is -2.35. The van der Waals surface area contributed by atoms with Gasteiger partial charge in [0.15, 0.2) is 5.78 Å². The molecular formula is C26H29N5O4. The van der Waals surface area contributed by atoms with Crippen LogP contribution in [-0.4, -0.2) is 42.8 Å². The van der Waals surface area contributed by atoms with Crippen molar-refractivity contribution in [1.82, 2.24) is 5.32 Å². The number of carbonyl (C=O) groups is 3. The average molecular weight is 476 g/mol. The number of nitrogens with two attached hydrogens (primary N) is 2. The Labute approximate surface area is 203 Å². The number of hydrogen-bond acceptors (Lipinski definition) is 7. The first-order chi connectivity index (χ1) is 16.6. The molecule has 0 bridgehead atoms. The number of rotatable bonds is 9. The van der Waals surface area contributed by atoms with E-state index in [9.17, 15) is 14.4 Å². The van der Waals surface area contributed by atoms with Gasteiger partial charge in [0.1, 0.15) is 5.84 Å². The normalized spacial score (nSPS) is 12.5. The highest BCUT2D eigenvalue weighted by molar-refractivity contribution is 6.11. The van der Waals surface area contributed by atoms with Crippen LogP contribution in [0.3, 0.4) is 0 Å². The lowest BCUT2D eigenvalue weighted by molar-refractivity contribution is -0.152. The predicted molar refractivity (Wildman–Crippen MR) is 135 cm³/mol. The van der Waals surface area contributed by atoms with Crippen LogP contribution in [0.15, 0.2) is 60.7 Å². The van der Waals surface area contributed by atoms with Gasteiger partial charge in [-0.25, -0.2) is 4.79 Å². The van der Waals surface area contributed by atoms with Gasteiger partial charge in [0, 0.05) is 30.4 Å². The first-order valence-electron chi connectivity index (χ1n) is 11.0. The molecule has 3 aromatic carbocycles. The second-order valence-corrected chi connectivity index (χ2v) is 8.11. The molecule has 0 aliphatic carbocycles. The first kappa shape index (κ1) is 25.4. The number of carbonyl (C=O) groups excluding carboxylic acids is 3. The van der Waals surface area contributed by atoms with Crippen molar-refractivity contribution < 1.29 is 19.1 Å². The number of benzene rings is 3. The summed E-state index contributed by atoms with van der Waals surface area (Å²) in [4.78, 5) is 39.1. The van der Waals surface area contributed by atoms with Crippen molar-refractivity contribution in [3.8, 4) is 0 Å². The van der Waals surface area contributed by atoms with E-state index < -0.39 is 17.4 Å². The number of amides is 1. The quantitative estimate of drug-likeness (QED) is 0.122. The minimum atomic E-state index is -1.98. The molecule has 3 rings (SSSR count). The molecule has 1 amide bonds. The molecule has 0 radical (unpaired) electrons. The van der Waals surface area contributed by atoms with E-state index in [0.717, 1.165) is 10.9 Å². The Morgan fingerprint density at radius 3 is 2.37 bits per heavy atom. The molecule has 0 aromatic heterocycles. The zero-order valence-corrected chi connectivity index (χ0v) is 19.9. The van der Waals surface area contributed by atoms with Gasteiger partial charge in [-0.2, -0.15) is 0 Å². The summed E-state index contributed by atoms with van der Waals surface area (Å²) in [7, 11) is 1.55. The Morgan fingerprint density at radius 2 is 1.77 bits per heavy atom. The van der Waals surface area contributed by atoms with E-state index in [4.69, 9.17) is 21.6 Å². The second-order valence-electron chi connectivity index (χ2n) is 8.11. The number of ketones is 1. The van der Waals surface area contributed by atoms with Gasteiger partial charge in [-0.15, -0.1) is 0 Å². The topological polar surface area (TPSA) is 152 Å². The molecule has 6 N–H and O–H groups in total. The number of nitrogens with zero attached hydrogens (tertiary/aromatic N) is 1. The number of fused-ring (bicyclic) bond motifs is 1. The van der Waals surface area contributed by atoms with E-state index in [1.165, 1.54) is 11.8 Å². The molecule has 1 unspecified atom stereocenters. The van der Waals surface area contributed by atoms with E-state index in [1.807, 2.05) is 6.07 Å². The molecule has 3 aromatic rings. The number of amidine groups is 1. The van der Waals surface area contributed by atoms with Crippen LogP contribution in [0.25, 0.3) is 10.8 Å². The van der Waals surface area contributed by atoms with Crippen LogP contribution in [0, 0.1) is 5.41 Å². The van der Waals surface area contributed by atoms with Crippen molar-refractivity contribution in [3.63, 3.8) is 0 Å². The number of esters is 1. The second kappa shape index (κ2) is 10.4.